The molecule has 1 aromatic rings. The molecule has 0 radical (unpaired) electrons. The predicted octanol–water partition coefficient (Wildman–Crippen LogP) is 1.68. The number of alkyl halides is 2. The number of hydrogen-bond donors (Lipinski definition) is 3. The summed E-state index contributed by atoms with van der Waals surface area (Å²) >= 11 is 0. The Bertz CT molecular complexity index is 977. The van der Waals surface area contributed by atoms with Gasteiger partial charge in [-0.25, -0.2) is 13.6 Å². The molecule has 4 N–H and O–H groups in total. The SMILES string of the molecule is CN1CCC2(CC(C(=O)O)=NO2)C1.N#CC1(NC(=O)[C@@H](N)CC(F)(F)Cc2ccccc2)CC1. The van der Waals surface area contributed by atoms with Crippen LogP contribution in [0.4, 0.5) is 8.78 Å². The van der Waals surface area contributed by atoms with Crippen LogP contribution in [0.5, 0.6) is 0 Å². The van der Waals surface area contributed by atoms with Gasteiger partial charge in [-0.15, -0.1) is 0 Å². The number of likely N-dealkylation sites (N-methyl/N-ethyl adjacent to an activating group) is 1. The highest BCUT2D eigenvalue weighted by Crippen LogP contribution is 2.35. The van der Waals surface area contributed by atoms with Crippen LogP contribution >= 0.6 is 0 Å². The Morgan fingerprint density at radius 2 is 2.03 bits per heavy atom. The molecule has 2 heterocycles. The van der Waals surface area contributed by atoms with Gasteiger partial charge in [0.2, 0.25) is 5.91 Å². The second-order valence-corrected chi connectivity index (χ2v) is 9.29. The Morgan fingerprint density at radius 1 is 1.35 bits per heavy atom. The van der Waals surface area contributed by atoms with E-state index in [1.165, 1.54) is 0 Å². The molecule has 11 heteroatoms. The minimum atomic E-state index is -3.07. The molecule has 2 atom stereocenters. The number of nitrogens with zero attached hydrogens (tertiary/aromatic N) is 3. The van der Waals surface area contributed by atoms with Crippen molar-refractivity contribution in [2.24, 2.45) is 10.9 Å². The first-order chi connectivity index (χ1) is 16.0. The summed E-state index contributed by atoms with van der Waals surface area (Å²) in [5.41, 5.74) is 4.95. The number of likely N-dealkylation sites (tertiary alicyclic amines) is 1. The predicted molar refractivity (Wildman–Crippen MR) is 119 cm³/mol. The van der Waals surface area contributed by atoms with Crippen molar-refractivity contribution < 1.29 is 28.3 Å². The minimum absolute atomic E-state index is 0.148. The van der Waals surface area contributed by atoms with E-state index in [1.54, 1.807) is 30.3 Å². The molecule has 1 amide bonds. The Morgan fingerprint density at radius 3 is 2.53 bits per heavy atom. The lowest BCUT2D eigenvalue weighted by Crippen LogP contribution is -2.48. The molecule has 3 aliphatic rings. The number of rotatable bonds is 7. The number of carboxylic acids is 1. The Kier molecular flexibility index (Phi) is 7.53. The number of nitrogens with one attached hydrogen (secondary N) is 1. The number of benzene rings is 1. The summed E-state index contributed by atoms with van der Waals surface area (Å²) in [6, 6.07) is 8.96. The van der Waals surface area contributed by atoms with Gasteiger partial charge in [0.05, 0.1) is 12.1 Å². The molecular formula is C23H29F2N5O4. The first kappa shape index (κ1) is 25.5. The van der Waals surface area contributed by atoms with E-state index >= 15 is 0 Å². The summed E-state index contributed by atoms with van der Waals surface area (Å²) in [5.74, 6) is -4.73. The number of carbonyl (C=O) groups is 2. The monoisotopic (exact) mass is 477 g/mol. The van der Waals surface area contributed by atoms with Crippen LogP contribution in [-0.2, 0) is 20.8 Å². The summed E-state index contributed by atoms with van der Waals surface area (Å²) in [6.07, 6.45) is 1.19. The van der Waals surface area contributed by atoms with Gasteiger partial charge < -0.3 is 25.9 Å². The highest BCUT2D eigenvalue weighted by molar-refractivity contribution is 6.36. The third-order valence-corrected chi connectivity index (χ3v) is 6.08. The average molecular weight is 478 g/mol. The average Bonchev–Trinajstić information content (AvgIpc) is 3.27. The highest BCUT2D eigenvalue weighted by atomic mass is 19.3. The van der Waals surface area contributed by atoms with Crippen molar-refractivity contribution in [3.05, 3.63) is 35.9 Å². The normalized spacial score (nSPS) is 23.7. The lowest BCUT2D eigenvalue weighted by molar-refractivity contribution is -0.129. The van der Waals surface area contributed by atoms with E-state index in [9.17, 15) is 18.4 Å². The molecule has 184 valence electrons. The molecule has 1 unspecified atom stereocenters. The third-order valence-electron chi connectivity index (χ3n) is 6.08. The van der Waals surface area contributed by atoms with Gasteiger partial charge in [-0.3, -0.25) is 4.79 Å². The number of nitrogens with two attached hydrogens (primary N) is 1. The van der Waals surface area contributed by atoms with E-state index in [4.69, 9.17) is 20.9 Å². The summed E-state index contributed by atoms with van der Waals surface area (Å²) < 4.78 is 27.9. The van der Waals surface area contributed by atoms with Crippen molar-refractivity contribution in [2.45, 2.75) is 61.6 Å². The van der Waals surface area contributed by atoms with E-state index < -0.39 is 42.2 Å². The molecule has 0 aromatic heterocycles. The van der Waals surface area contributed by atoms with Gasteiger partial charge in [0.25, 0.3) is 5.92 Å². The Balaban J connectivity index is 0.000000212. The van der Waals surface area contributed by atoms with Gasteiger partial charge in [-0.05, 0) is 25.5 Å². The van der Waals surface area contributed by atoms with Crippen LogP contribution in [0.3, 0.4) is 0 Å². The topological polar surface area (TPSA) is 141 Å². The van der Waals surface area contributed by atoms with Crippen LogP contribution in [0.25, 0.3) is 0 Å². The highest BCUT2D eigenvalue weighted by Gasteiger charge is 2.47. The zero-order valence-electron chi connectivity index (χ0n) is 19.0. The van der Waals surface area contributed by atoms with Crippen molar-refractivity contribution in [2.75, 3.05) is 20.1 Å². The van der Waals surface area contributed by atoms with E-state index in [-0.39, 0.29) is 11.3 Å². The fourth-order valence-electron chi connectivity index (χ4n) is 4.00. The largest absolute Gasteiger partial charge is 0.477 e. The number of hydrogen-bond acceptors (Lipinski definition) is 7. The smallest absolute Gasteiger partial charge is 0.353 e. The van der Waals surface area contributed by atoms with Gasteiger partial charge in [-0.2, -0.15) is 5.26 Å². The van der Waals surface area contributed by atoms with Crippen LogP contribution in [-0.4, -0.2) is 70.8 Å². The maximum Gasteiger partial charge on any atom is 0.353 e. The molecule has 34 heavy (non-hydrogen) atoms. The summed E-state index contributed by atoms with van der Waals surface area (Å²) in [4.78, 5) is 29.7. The number of halogens is 2. The molecule has 2 aliphatic heterocycles. The van der Waals surface area contributed by atoms with E-state index in [2.05, 4.69) is 15.4 Å². The van der Waals surface area contributed by atoms with Crippen LogP contribution < -0.4 is 11.1 Å². The van der Waals surface area contributed by atoms with Crippen molar-refractivity contribution >= 4 is 17.6 Å². The second kappa shape index (κ2) is 10.0. The van der Waals surface area contributed by atoms with Crippen LogP contribution in [0, 0.1) is 11.3 Å². The van der Waals surface area contributed by atoms with E-state index in [0.29, 0.717) is 24.8 Å². The van der Waals surface area contributed by atoms with Gasteiger partial charge in [-0.1, -0.05) is 35.5 Å². The molecule has 0 bridgehead atoms. The Hall–Kier alpha value is -3.10. The van der Waals surface area contributed by atoms with Crippen LogP contribution in [0.15, 0.2) is 35.5 Å². The van der Waals surface area contributed by atoms with Crippen molar-refractivity contribution in [1.29, 1.82) is 5.26 Å². The number of aliphatic carboxylic acids is 1. The quantitative estimate of drug-likeness (QED) is 0.542. The second-order valence-electron chi connectivity index (χ2n) is 9.29. The summed E-state index contributed by atoms with van der Waals surface area (Å²) in [7, 11) is 2.00. The molecule has 1 aliphatic carbocycles. The molecule has 4 rings (SSSR count). The van der Waals surface area contributed by atoms with Crippen molar-refractivity contribution in [1.82, 2.24) is 10.2 Å². The number of nitriles is 1. The van der Waals surface area contributed by atoms with E-state index in [1.807, 2.05) is 13.1 Å². The molecule has 1 aromatic carbocycles. The van der Waals surface area contributed by atoms with Gasteiger partial charge in [0, 0.05) is 38.8 Å². The van der Waals surface area contributed by atoms with Crippen LogP contribution in [0.1, 0.15) is 37.7 Å². The molecule has 1 saturated heterocycles. The number of oxime groups is 1. The van der Waals surface area contributed by atoms with Gasteiger partial charge in [0.15, 0.2) is 11.3 Å². The van der Waals surface area contributed by atoms with Crippen LogP contribution in [0.2, 0.25) is 0 Å². The maximum absolute atomic E-state index is 13.9. The Labute approximate surface area is 196 Å². The fraction of sp³-hybridized carbons (Fsp3) is 0.565. The van der Waals surface area contributed by atoms with Crippen molar-refractivity contribution in [3.63, 3.8) is 0 Å². The summed E-state index contributed by atoms with van der Waals surface area (Å²) in [6.45, 7) is 1.72. The zero-order chi connectivity index (χ0) is 25.0. The molecule has 9 nitrogen and oxygen atoms in total. The van der Waals surface area contributed by atoms with Gasteiger partial charge in [0.1, 0.15) is 5.54 Å². The zero-order valence-corrected chi connectivity index (χ0v) is 19.0. The minimum Gasteiger partial charge on any atom is -0.477 e. The van der Waals surface area contributed by atoms with E-state index in [0.717, 1.165) is 19.5 Å². The standard InChI is InChI=1S/C15H17F2N3O.C8H12N2O3/c16-15(17,8-11-4-2-1-3-5-11)9-12(19)13(21)20-14(10-18)6-7-14;1-10-3-2-8(5-10)4-6(7(11)12)9-13-8/h1-5,12H,6-9,19H2,(H,20,21);2-5H2,1H3,(H,11,12)/t12-;/m0./s1. The van der Waals surface area contributed by atoms with Gasteiger partial charge >= 0.3 is 5.97 Å². The maximum atomic E-state index is 13.9. The number of carbonyl (C=O) groups excluding carboxylic acids is 1. The first-order valence-corrected chi connectivity index (χ1v) is 11.0. The molecule has 2 fully saturated rings. The number of amides is 1. The molecule has 1 spiro atoms. The number of carboxylic acid groups (broad SMARTS) is 1. The molecule has 1 saturated carbocycles. The lowest BCUT2D eigenvalue weighted by Gasteiger charge is -2.21. The fourth-order valence-corrected chi connectivity index (χ4v) is 4.00. The van der Waals surface area contributed by atoms with Crippen molar-refractivity contribution in [3.8, 4) is 6.07 Å². The summed E-state index contributed by atoms with van der Waals surface area (Å²) in [5, 5.41) is 23.6. The third kappa shape index (κ3) is 6.71. The lowest BCUT2D eigenvalue weighted by atomic mass is 9.97. The molecular weight excluding hydrogens is 448 g/mol. The first-order valence-electron chi connectivity index (χ1n) is 11.0.